The van der Waals surface area contributed by atoms with Gasteiger partial charge in [0.25, 0.3) is 0 Å². The zero-order valence-corrected chi connectivity index (χ0v) is 11.9. The molecule has 0 aliphatic carbocycles. The molecule has 2 aromatic rings. The van der Waals surface area contributed by atoms with Crippen molar-refractivity contribution in [2.75, 3.05) is 11.9 Å². The fourth-order valence-corrected chi connectivity index (χ4v) is 2.83. The number of nitrogens with zero attached hydrogens (tertiary/aromatic N) is 1. The average molecular weight is 272 g/mol. The summed E-state index contributed by atoms with van der Waals surface area (Å²) in [6, 6.07) is 6.19. The number of piperidine rings is 1. The Morgan fingerprint density at radius 2 is 2.30 bits per heavy atom. The number of benzene rings is 1. The van der Waals surface area contributed by atoms with Gasteiger partial charge >= 0.3 is 0 Å². The Hall–Kier alpha value is -1.88. The summed E-state index contributed by atoms with van der Waals surface area (Å²) in [5.41, 5.74) is 2.72. The number of nitrogens with one attached hydrogen (secondary N) is 3. The first-order chi connectivity index (χ1) is 9.61. The van der Waals surface area contributed by atoms with Crippen LogP contribution in [0.3, 0.4) is 0 Å². The molecule has 0 bridgehead atoms. The maximum absolute atomic E-state index is 12.3. The molecule has 20 heavy (non-hydrogen) atoms. The minimum atomic E-state index is 0.102. The standard InChI is InChI=1S/C15H20N4O/c1-9-7-11(5-6-16-9)15(20)19-12-3-4-13-14(8-12)18-10(2)17-13/h3-4,8-9,11,16H,5-7H2,1-2H3,(H,17,18)(H,19,20). The van der Waals surface area contributed by atoms with Gasteiger partial charge in [0.2, 0.25) is 5.91 Å². The fourth-order valence-electron chi connectivity index (χ4n) is 2.83. The highest BCUT2D eigenvalue weighted by Gasteiger charge is 2.24. The van der Waals surface area contributed by atoms with Crippen molar-refractivity contribution in [3.63, 3.8) is 0 Å². The molecule has 1 amide bonds. The summed E-state index contributed by atoms with van der Waals surface area (Å²) in [6.45, 7) is 4.96. The van der Waals surface area contributed by atoms with Gasteiger partial charge in [-0.15, -0.1) is 0 Å². The van der Waals surface area contributed by atoms with E-state index < -0.39 is 0 Å². The molecular weight excluding hydrogens is 252 g/mol. The van der Waals surface area contributed by atoms with Gasteiger partial charge in [0.05, 0.1) is 11.0 Å². The smallest absolute Gasteiger partial charge is 0.227 e. The van der Waals surface area contributed by atoms with Crippen LogP contribution in [0, 0.1) is 12.8 Å². The number of rotatable bonds is 2. The van der Waals surface area contributed by atoms with Crippen molar-refractivity contribution in [2.24, 2.45) is 5.92 Å². The number of aromatic amines is 1. The van der Waals surface area contributed by atoms with E-state index in [1.54, 1.807) is 0 Å². The van der Waals surface area contributed by atoms with Gasteiger partial charge in [0, 0.05) is 17.6 Å². The van der Waals surface area contributed by atoms with E-state index >= 15 is 0 Å². The van der Waals surface area contributed by atoms with Crippen LogP contribution in [0.25, 0.3) is 11.0 Å². The van der Waals surface area contributed by atoms with E-state index in [2.05, 4.69) is 27.5 Å². The lowest BCUT2D eigenvalue weighted by Gasteiger charge is -2.27. The number of aryl methyl sites for hydroxylation is 1. The van der Waals surface area contributed by atoms with Crippen molar-refractivity contribution in [1.82, 2.24) is 15.3 Å². The van der Waals surface area contributed by atoms with Crippen LogP contribution in [0.1, 0.15) is 25.6 Å². The first kappa shape index (κ1) is 13.1. The van der Waals surface area contributed by atoms with E-state index in [4.69, 9.17) is 0 Å². The molecule has 1 fully saturated rings. The van der Waals surface area contributed by atoms with Crippen LogP contribution in [0.2, 0.25) is 0 Å². The highest BCUT2D eigenvalue weighted by molar-refractivity contribution is 5.94. The van der Waals surface area contributed by atoms with Crippen LogP contribution in [0.4, 0.5) is 5.69 Å². The van der Waals surface area contributed by atoms with Gasteiger partial charge in [-0.05, 0) is 51.4 Å². The minimum absolute atomic E-state index is 0.102. The Labute approximate surface area is 118 Å². The van der Waals surface area contributed by atoms with Crippen molar-refractivity contribution in [1.29, 1.82) is 0 Å². The third-order valence-electron chi connectivity index (χ3n) is 3.86. The second kappa shape index (κ2) is 5.25. The van der Waals surface area contributed by atoms with Crippen LogP contribution in [0.5, 0.6) is 0 Å². The number of carbonyl (C=O) groups is 1. The zero-order chi connectivity index (χ0) is 14.1. The zero-order valence-electron chi connectivity index (χ0n) is 11.9. The van der Waals surface area contributed by atoms with Crippen LogP contribution in [-0.2, 0) is 4.79 Å². The van der Waals surface area contributed by atoms with Crippen molar-refractivity contribution < 1.29 is 4.79 Å². The number of carbonyl (C=O) groups excluding carboxylic acids is 1. The van der Waals surface area contributed by atoms with E-state index in [0.717, 1.165) is 41.9 Å². The Kier molecular flexibility index (Phi) is 3.44. The first-order valence-corrected chi connectivity index (χ1v) is 7.12. The summed E-state index contributed by atoms with van der Waals surface area (Å²) in [4.78, 5) is 19.8. The SMILES string of the molecule is Cc1nc2ccc(NC(=O)C3CCNC(C)C3)cc2[nH]1. The molecule has 0 radical (unpaired) electrons. The quantitative estimate of drug-likeness (QED) is 0.785. The van der Waals surface area contributed by atoms with Gasteiger partial charge in [-0.3, -0.25) is 4.79 Å². The van der Waals surface area contributed by atoms with Gasteiger partial charge in [0.15, 0.2) is 0 Å². The van der Waals surface area contributed by atoms with Crippen LogP contribution in [-0.4, -0.2) is 28.5 Å². The van der Waals surface area contributed by atoms with E-state index in [1.165, 1.54) is 0 Å². The molecule has 0 spiro atoms. The molecule has 1 aliphatic heterocycles. The number of aromatic nitrogens is 2. The molecule has 3 N–H and O–H groups in total. The largest absolute Gasteiger partial charge is 0.342 e. The lowest BCUT2D eigenvalue weighted by atomic mass is 9.92. The van der Waals surface area contributed by atoms with Crippen LogP contribution >= 0.6 is 0 Å². The van der Waals surface area contributed by atoms with E-state index in [-0.39, 0.29) is 11.8 Å². The van der Waals surface area contributed by atoms with Crippen molar-refractivity contribution in [3.05, 3.63) is 24.0 Å². The Morgan fingerprint density at radius 3 is 3.10 bits per heavy atom. The predicted octanol–water partition coefficient (Wildman–Crippen LogP) is 2.20. The fraction of sp³-hybridized carbons (Fsp3) is 0.467. The van der Waals surface area contributed by atoms with Gasteiger partial charge in [-0.2, -0.15) is 0 Å². The molecular formula is C15H20N4O. The monoisotopic (exact) mass is 272 g/mol. The number of hydrogen-bond acceptors (Lipinski definition) is 3. The number of imidazole rings is 1. The van der Waals surface area contributed by atoms with E-state index in [0.29, 0.717) is 6.04 Å². The number of H-pyrrole nitrogens is 1. The molecule has 3 rings (SSSR count). The summed E-state index contributed by atoms with van der Waals surface area (Å²) >= 11 is 0. The maximum Gasteiger partial charge on any atom is 0.227 e. The molecule has 1 aromatic heterocycles. The summed E-state index contributed by atoms with van der Waals surface area (Å²) in [7, 11) is 0. The third kappa shape index (κ3) is 2.67. The van der Waals surface area contributed by atoms with Crippen molar-refractivity contribution in [3.8, 4) is 0 Å². The number of anilines is 1. The normalized spacial score (nSPS) is 22.9. The maximum atomic E-state index is 12.3. The summed E-state index contributed by atoms with van der Waals surface area (Å²) in [5, 5.41) is 6.38. The highest BCUT2D eigenvalue weighted by Crippen LogP contribution is 2.21. The molecule has 2 atom stereocenters. The lowest BCUT2D eigenvalue weighted by Crippen LogP contribution is -2.40. The van der Waals surface area contributed by atoms with Crippen molar-refractivity contribution in [2.45, 2.75) is 32.7 Å². The molecule has 2 heterocycles. The summed E-state index contributed by atoms with van der Waals surface area (Å²) in [6.07, 6.45) is 1.80. The molecule has 1 aliphatic rings. The van der Waals surface area contributed by atoms with Gasteiger partial charge in [0.1, 0.15) is 5.82 Å². The number of fused-ring (bicyclic) bond motifs is 1. The Morgan fingerprint density at radius 1 is 1.45 bits per heavy atom. The third-order valence-corrected chi connectivity index (χ3v) is 3.86. The number of amides is 1. The first-order valence-electron chi connectivity index (χ1n) is 7.12. The number of hydrogen-bond donors (Lipinski definition) is 3. The van der Waals surface area contributed by atoms with Gasteiger partial charge in [-0.25, -0.2) is 4.98 Å². The Bertz CT molecular complexity index is 634. The second-order valence-electron chi connectivity index (χ2n) is 5.62. The molecule has 2 unspecified atom stereocenters. The minimum Gasteiger partial charge on any atom is -0.342 e. The molecule has 106 valence electrons. The average Bonchev–Trinajstić information content (AvgIpc) is 2.78. The van der Waals surface area contributed by atoms with Gasteiger partial charge in [-0.1, -0.05) is 0 Å². The lowest BCUT2D eigenvalue weighted by molar-refractivity contribution is -0.120. The van der Waals surface area contributed by atoms with Crippen LogP contribution in [0.15, 0.2) is 18.2 Å². The Balaban J connectivity index is 1.73. The molecule has 1 aromatic carbocycles. The summed E-state index contributed by atoms with van der Waals surface area (Å²) in [5.74, 6) is 1.11. The van der Waals surface area contributed by atoms with E-state index in [9.17, 15) is 4.79 Å². The molecule has 5 heteroatoms. The molecule has 1 saturated heterocycles. The van der Waals surface area contributed by atoms with Crippen LogP contribution < -0.4 is 10.6 Å². The highest BCUT2D eigenvalue weighted by atomic mass is 16.1. The second-order valence-corrected chi connectivity index (χ2v) is 5.62. The van der Waals surface area contributed by atoms with Gasteiger partial charge < -0.3 is 15.6 Å². The summed E-state index contributed by atoms with van der Waals surface area (Å²) < 4.78 is 0. The van der Waals surface area contributed by atoms with E-state index in [1.807, 2.05) is 25.1 Å². The molecule has 5 nitrogen and oxygen atoms in total. The topological polar surface area (TPSA) is 69.8 Å². The van der Waals surface area contributed by atoms with Crippen molar-refractivity contribution >= 4 is 22.6 Å². The molecule has 0 saturated carbocycles. The predicted molar refractivity (Wildman–Crippen MR) is 79.6 cm³/mol.